The number of nitrogens with one attached hydrogen (secondary N) is 1. The molecule has 0 fully saturated rings. The number of nitrogen functional groups attached to an aromatic ring is 1. The van der Waals surface area contributed by atoms with Gasteiger partial charge < -0.3 is 20.2 Å². The van der Waals surface area contributed by atoms with E-state index in [1.54, 1.807) is 13.1 Å². The van der Waals surface area contributed by atoms with Gasteiger partial charge in [-0.1, -0.05) is 0 Å². The second-order valence-electron chi connectivity index (χ2n) is 4.06. The summed E-state index contributed by atoms with van der Waals surface area (Å²) in [7, 11) is 0. The van der Waals surface area contributed by atoms with Crippen LogP contribution >= 0.6 is 0 Å². The summed E-state index contributed by atoms with van der Waals surface area (Å²) in [6, 6.07) is 1.52. The van der Waals surface area contributed by atoms with Crippen molar-refractivity contribution in [1.82, 2.24) is 9.97 Å². The molecule has 0 aromatic carbocycles. The number of hydrogen-bond donors (Lipinski definition) is 2. The van der Waals surface area contributed by atoms with Gasteiger partial charge in [0.25, 0.3) is 0 Å². The van der Waals surface area contributed by atoms with Gasteiger partial charge in [-0.3, -0.25) is 0 Å². The molecule has 2 aromatic rings. The van der Waals surface area contributed by atoms with E-state index in [-0.39, 0.29) is 11.3 Å². The summed E-state index contributed by atoms with van der Waals surface area (Å²) < 4.78 is 10.3. The molecule has 3 N–H and O–H groups in total. The fraction of sp³-hybridized carbons (Fsp3) is 0.308. The van der Waals surface area contributed by atoms with Crippen molar-refractivity contribution < 1.29 is 13.9 Å². The average molecular weight is 276 g/mol. The van der Waals surface area contributed by atoms with Crippen LogP contribution in [0.3, 0.4) is 0 Å². The molecule has 2 aromatic heterocycles. The molecule has 20 heavy (non-hydrogen) atoms. The Kier molecular flexibility index (Phi) is 4.19. The molecule has 0 aliphatic carbocycles. The Labute approximate surface area is 116 Å². The van der Waals surface area contributed by atoms with Crippen molar-refractivity contribution in [1.29, 1.82) is 0 Å². The summed E-state index contributed by atoms with van der Waals surface area (Å²) in [5.41, 5.74) is 6.44. The number of oxazole rings is 1. The first-order valence-electron chi connectivity index (χ1n) is 6.18. The predicted octanol–water partition coefficient (Wildman–Crippen LogP) is 1.75. The Balaban J connectivity index is 2.12. The zero-order chi connectivity index (χ0) is 14.5. The number of hydrogen-bond acceptors (Lipinski definition) is 7. The zero-order valence-electron chi connectivity index (χ0n) is 11.3. The Hall–Kier alpha value is -2.57. The minimum Gasteiger partial charge on any atom is -0.462 e. The van der Waals surface area contributed by atoms with Crippen molar-refractivity contribution in [2.24, 2.45) is 0 Å². The molecule has 0 saturated carbocycles. The molecule has 0 saturated heterocycles. The first-order chi connectivity index (χ1) is 9.61. The second-order valence-corrected chi connectivity index (χ2v) is 4.06. The third-order valence-corrected chi connectivity index (χ3v) is 2.56. The first kappa shape index (κ1) is 13.9. The number of ether oxygens (including phenoxy) is 1. The summed E-state index contributed by atoms with van der Waals surface area (Å²) in [5.74, 6) is 1.17. The van der Waals surface area contributed by atoms with Crippen LogP contribution in [0.2, 0.25) is 0 Å². The summed E-state index contributed by atoms with van der Waals surface area (Å²) in [5, 5.41) is 2.98. The van der Waals surface area contributed by atoms with Gasteiger partial charge in [-0.2, -0.15) is 0 Å². The van der Waals surface area contributed by atoms with Crippen molar-refractivity contribution >= 4 is 17.5 Å². The molecule has 0 radical (unpaired) electrons. The molecule has 2 rings (SSSR count). The van der Waals surface area contributed by atoms with Crippen LogP contribution < -0.4 is 11.1 Å². The topological polar surface area (TPSA) is 103 Å². The minimum absolute atomic E-state index is 0.245. The molecule has 106 valence electrons. The van der Waals surface area contributed by atoms with Gasteiger partial charge in [0.05, 0.1) is 30.6 Å². The number of nitrogens with two attached hydrogens (primary N) is 1. The maximum absolute atomic E-state index is 11.7. The summed E-state index contributed by atoms with van der Waals surface area (Å²) in [4.78, 5) is 19.9. The van der Waals surface area contributed by atoms with E-state index in [4.69, 9.17) is 14.9 Å². The summed E-state index contributed by atoms with van der Waals surface area (Å²) in [6.07, 6.45) is 3.12. The van der Waals surface area contributed by atoms with Crippen LogP contribution in [0, 0.1) is 6.92 Å². The molecule has 7 nitrogen and oxygen atoms in total. The highest BCUT2D eigenvalue weighted by Gasteiger charge is 2.14. The van der Waals surface area contributed by atoms with Crippen LogP contribution in [0.25, 0.3) is 0 Å². The van der Waals surface area contributed by atoms with Crippen LogP contribution in [0.5, 0.6) is 0 Å². The van der Waals surface area contributed by atoms with Crippen molar-refractivity contribution in [2.75, 3.05) is 17.7 Å². The van der Waals surface area contributed by atoms with Crippen molar-refractivity contribution in [3.05, 3.63) is 35.7 Å². The second kappa shape index (κ2) is 6.05. The number of carbonyl (C=O) groups excluding carboxylic acids is 1. The Morgan fingerprint density at radius 3 is 2.95 bits per heavy atom. The molecule has 2 heterocycles. The van der Waals surface area contributed by atoms with Gasteiger partial charge in [-0.25, -0.2) is 14.8 Å². The fourth-order valence-corrected chi connectivity index (χ4v) is 1.64. The standard InChI is InChI=1S/C13H16N4O3/c1-3-19-13(18)9-4-5-15-12(11(9)14)17-7-10-16-6-8(2)20-10/h4-6H,3,7,14H2,1-2H3,(H,15,17). The lowest BCUT2D eigenvalue weighted by molar-refractivity contribution is 0.0527. The first-order valence-corrected chi connectivity index (χ1v) is 6.18. The van der Waals surface area contributed by atoms with Crippen molar-refractivity contribution in [2.45, 2.75) is 20.4 Å². The predicted molar refractivity (Wildman–Crippen MR) is 73.2 cm³/mol. The van der Waals surface area contributed by atoms with E-state index in [9.17, 15) is 4.79 Å². The molecule has 0 aliphatic rings. The third-order valence-electron chi connectivity index (χ3n) is 2.56. The van der Waals surface area contributed by atoms with Gasteiger partial charge in [0.1, 0.15) is 11.6 Å². The van der Waals surface area contributed by atoms with E-state index in [0.717, 1.165) is 5.76 Å². The highest BCUT2D eigenvalue weighted by atomic mass is 16.5. The van der Waals surface area contributed by atoms with Gasteiger partial charge in [0.15, 0.2) is 0 Å². The highest BCUT2D eigenvalue weighted by molar-refractivity contribution is 5.97. The molecule has 0 unspecified atom stereocenters. The Morgan fingerprint density at radius 2 is 2.30 bits per heavy atom. The van der Waals surface area contributed by atoms with Crippen LogP contribution in [0.15, 0.2) is 22.9 Å². The smallest absolute Gasteiger partial charge is 0.340 e. The lowest BCUT2D eigenvalue weighted by Gasteiger charge is -2.10. The minimum atomic E-state index is -0.470. The van der Waals surface area contributed by atoms with E-state index < -0.39 is 5.97 Å². The monoisotopic (exact) mass is 276 g/mol. The molecular weight excluding hydrogens is 260 g/mol. The number of nitrogens with zero attached hydrogens (tertiary/aromatic N) is 2. The largest absolute Gasteiger partial charge is 0.462 e. The third kappa shape index (κ3) is 3.05. The number of aromatic nitrogens is 2. The maximum atomic E-state index is 11.7. The number of pyridine rings is 1. The number of rotatable bonds is 5. The van der Waals surface area contributed by atoms with Crippen molar-refractivity contribution in [3.8, 4) is 0 Å². The molecule has 7 heteroatoms. The van der Waals surface area contributed by atoms with Crippen LogP contribution in [-0.4, -0.2) is 22.5 Å². The molecular formula is C13H16N4O3. The van der Waals surface area contributed by atoms with Gasteiger partial charge in [0.2, 0.25) is 5.89 Å². The number of carbonyl (C=O) groups is 1. The van der Waals surface area contributed by atoms with E-state index >= 15 is 0 Å². The molecule has 0 bridgehead atoms. The van der Waals surface area contributed by atoms with Gasteiger partial charge in [-0.15, -0.1) is 0 Å². The van der Waals surface area contributed by atoms with E-state index in [2.05, 4.69) is 15.3 Å². The SMILES string of the molecule is CCOC(=O)c1ccnc(NCc2ncc(C)o2)c1N. The number of anilines is 2. The molecule has 0 amide bonds. The van der Waals surface area contributed by atoms with Crippen LogP contribution in [-0.2, 0) is 11.3 Å². The number of esters is 1. The fourth-order valence-electron chi connectivity index (χ4n) is 1.64. The van der Waals surface area contributed by atoms with E-state index in [0.29, 0.717) is 24.9 Å². The highest BCUT2D eigenvalue weighted by Crippen LogP contribution is 2.21. The molecule has 0 aliphatic heterocycles. The summed E-state index contributed by atoms with van der Waals surface area (Å²) in [6.45, 7) is 4.17. The lowest BCUT2D eigenvalue weighted by atomic mass is 10.2. The maximum Gasteiger partial charge on any atom is 0.340 e. The van der Waals surface area contributed by atoms with Gasteiger partial charge in [-0.05, 0) is 19.9 Å². The summed E-state index contributed by atoms with van der Waals surface area (Å²) >= 11 is 0. The number of aryl methyl sites for hydroxylation is 1. The Morgan fingerprint density at radius 1 is 1.50 bits per heavy atom. The van der Waals surface area contributed by atoms with E-state index in [1.807, 2.05) is 6.92 Å². The quantitative estimate of drug-likeness (QED) is 0.802. The average Bonchev–Trinajstić information content (AvgIpc) is 2.83. The zero-order valence-corrected chi connectivity index (χ0v) is 11.3. The van der Waals surface area contributed by atoms with Crippen molar-refractivity contribution in [3.63, 3.8) is 0 Å². The molecule has 0 atom stereocenters. The lowest BCUT2D eigenvalue weighted by Crippen LogP contribution is -2.12. The van der Waals surface area contributed by atoms with Crippen LogP contribution in [0.4, 0.5) is 11.5 Å². The Bertz CT molecular complexity index is 609. The van der Waals surface area contributed by atoms with Gasteiger partial charge in [0, 0.05) is 6.20 Å². The van der Waals surface area contributed by atoms with Crippen LogP contribution in [0.1, 0.15) is 28.9 Å². The van der Waals surface area contributed by atoms with E-state index in [1.165, 1.54) is 12.3 Å². The molecule has 0 spiro atoms. The normalized spacial score (nSPS) is 10.3. The van der Waals surface area contributed by atoms with Gasteiger partial charge >= 0.3 is 5.97 Å².